The maximum Gasteiger partial charge on any atom is 0.225 e. The minimum absolute atomic E-state index is 0.449. The lowest BCUT2D eigenvalue weighted by Crippen LogP contribution is -2.34. The van der Waals surface area contributed by atoms with Crippen molar-refractivity contribution in [2.45, 2.75) is 38.5 Å². The molecule has 28 heavy (non-hydrogen) atoms. The van der Waals surface area contributed by atoms with Gasteiger partial charge in [0, 0.05) is 55.3 Å². The Balaban J connectivity index is 1.52. The molecule has 0 spiro atoms. The number of fused-ring (bicyclic) bond motifs is 1. The van der Waals surface area contributed by atoms with Crippen LogP contribution in [0.3, 0.4) is 0 Å². The third-order valence-electron chi connectivity index (χ3n) is 5.79. The summed E-state index contributed by atoms with van der Waals surface area (Å²) in [5.74, 6) is 1.78. The van der Waals surface area contributed by atoms with E-state index in [4.69, 9.17) is 0 Å². The third-order valence-corrected chi connectivity index (χ3v) is 5.79. The molecule has 1 aliphatic rings. The summed E-state index contributed by atoms with van der Waals surface area (Å²) in [6, 6.07) is 6.10. The number of hydrogen-bond acceptors (Lipinski definition) is 4. The maximum atomic E-state index is 10.8. The van der Waals surface area contributed by atoms with E-state index in [2.05, 4.69) is 64.0 Å². The van der Waals surface area contributed by atoms with Crippen molar-refractivity contribution in [3.8, 4) is 0 Å². The second-order valence-electron chi connectivity index (χ2n) is 7.92. The van der Waals surface area contributed by atoms with E-state index in [1.165, 1.54) is 22.0 Å². The smallest absolute Gasteiger partial charge is 0.225 e. The summed E-state index contributed by atoms with van der Waals surface area (Å²) in [6.45, 7) is 6.22. The Bertz CT molecular complexity index is 969. The normalized spacial score (nSPS) is 15.4. The zero-order valence-electron chi connectivity index (χ0n) is 16.7. The van der Waals surface area contributed by atoms with Crippen LogP contribution in [0.1, 0.15) is 49.7 Å². The highest BCUT2D eigenvalue weighted by atomic mass is 16.1. The van der Waals surface area contributed by atoms with Gasteiger partial charge in [0.25, 0.3) is 0 Å². The van der Waals surface area contributed by atoms with Crippen molar-refractivity contribution in [1.29, 1.82) is 0 Å². The first-order chi connectivity index (χ1) is 13.6. The average molecular weight is 377 g/mol. The van der Waals surface area contributed by atoms with Crippen molar-refractivity contribution in [2.75, 3.05) is 23.3 Å². The molecule has 0 saturated carbocycles. The van der Waals surface area contributed by atoms with Crippen LogP contribution < -0.4 is 10.2 Å². The standard InChI is InChI=1S/C22H27N5O/c1-15(2)17-11-23-22(24-12-17)27-8-6-16(7-9-27)20-13-26(3)21-5-4-18(25-14-28)10-19(20)21/h4-5,10-16H,6-9H2,1-3H3,(H,25,28). The van der Waals surface area contributed by atoms with Gasteiger partial charge in [-0.25, -0.2) is 9.97 Å². The number of nitrogens with one attached hydrogen (secondary N) is 1. The first-order valence-electron chi connectivity index (χ1n) is 9.93. The van der Waals surface area contributed by atoms with E-state index in [9.17, 15) is 4.79 Å². The quantitative estimate of drug-likeness (QED) is 0.682. The van der Waals surface area contributed by atoms with Gasteiger partial charge in [0.2, 0.25) is 12.4 Å². The molecule has 1 fully saturated rings. The first kappa shape index (κ1) is 18.5. The number of carbonyl (C=O) groups excluding carboxylic acids is 1. The van der Waals surface area contributed by atoms with E-state index in [1.807, 2.05) is 18.5 Å². The second kappa shape index (κ2) is 7.62. The average Bonchev–Trinajstić information content (AvgIpc) is 3.04. The Kier molecular flexibility index (Phi) is 5.03. The van der Waals surface area contributed by atoms with Crippen molar-refractivity contribution >= 4 is 28.9 Å². The second-order valence-corrected chi connectivity index (χ2v) is 7.92. The lowest BCUT2D eigenvalue weighted by molar-refractivity contribution is -0.105. The van der Waals surface area contributed by atoms with Crippen LogP contribution in [0.25, 0.3) is 10.9 Å². The van der Waals surface area contributed by atoms with Crippen molar-refractivity contribution in [3.63, 3.8) is 0 Å². The molecule has 1 saturated heterocycles. The van der Waals surface area contributed by atoms with E-state index in [1.54, 1.807) is 0 Å². The highest BCUT2D eigenvalue weighted by molar-refractivity contribution is 5.89. The molecule has 146 valence electrons. The van der Waals surface area contributed by atoms with Crippen molar-refractivity contribution in [1.82, 2.24) is 14.5 Å². The summed E-state index contributed by atoms with van der Waals surface area (Å²) in [4.78, 5) is 22.2. The van der Waals surface area contributed by atoms with Gasteiger partial charge in [-0.15, -0.1) is 0 Å². The SMILES string of the molecule is CC(C)c1cnc(N2CCC(c3cn(C)c4ccc(NC=O)cc34)CC2)nc1. The van der Waals surface area contributed by atoms with Crippen LogP contribution in [0.2, 0.25) is 0 Å². The van der Waals surface area contributed by atoms with Gasteiger partial charge in [-0.05, 0) is 54.0 Å². The molecular formula is C22H27N5O. The first-order valence-corrected chi connectivity index (χ1v) is 9.93. The molecule has 2 aromatic heterocycles. The van der Waals surface area contributed by atoms with Crippen LogP contribution in [0.4, 0.5) is 11.6 Å². The predicted molar refractivity (Wildman–Crippen MR) is 113 cm³/mol. The van der Waals surface area contributed by atoms with Crippen molar-refractivity contribution in [2.24, 2.45) is 7.05 Å². The molecule has 3 aromatic rings. The van der Waals surface area contributed by atoms with Gasteiger partial charge in [-0.3, -0.25) is 4.79 Å². The molecule has 3 heterocycles. The van der Waals surface area contributed by atoms with Gasteiger partial charge >= 0.3 is 0 Å². The van der Waals surface area contributed by atoms with Crippen LogP contribution >= 0.6 is 0 Å². The maximum absolute atomic E-state index is 10.8. The molecule has 6 heteroatoms. The number of benzene rings is 1. The number of carbonyl (C=O) groups is 1. The van der Waals surface area contributed by atoms with Crippen molar-refractivity contribution in [3.05, 3.63) is 47.9 Å². The Morgan fingerprint density at radius 1 is 1.18 bits per heavy atom. The Hall–Kier alpha value is -2.89. The van der Waals surface area contributed by atoms with Crippen LogP contribution in [-0.2, 0) is 11.8 Å². The zero-order valence-corrected chi connectivity index (χ0v) is 16.7. The number of amides is 1. The van der Waals surface area contributed by atoms with Crippen LogP contribution in [-0.4, -0.2) is 34.0 Å². The fourth-order valence-electron chi connectivity index (χ4n) is 4.09. The van der Waals surface area contributed by atoms with E-state index in [-0.39, 0.29) is 0 Å². The van der Waals surface area contributed by atoms with Gasteiger partial charge < -0.3 is 14.8 Å². The summed E-state index contributed by atoms with van der Waals surface area (Å²) in [5, 5.41) is 3.99. The Labute approximate surface area is 165 Å². The fourth-order valence-corrected chi connectivity index (χ4v) is 4.09. The largest absolute Gasteiger partial charge is 0.350 e. The van der Waals surface area contributed by atoms with Gasteiger partial charge in [-0.2, -0.15) is 0 Å². The summed E-state index contributed by atoms with van der Waals surface area (Å²) in [5.41, 5.74) is 4.57. The Morgan fingerprint density at radius 3 is 2.54 bits per heavy atom. The molecule has 1 N–H and O–H groups in total. The molecule has 1 aliphatic heterocycles. The molecular weight excluding hydrogens is 350 g/mol. The van der Waals surface area contributed by atoms with Crippen LogP contribution in [0.15, 0.2) is 36.8 Å². The van der Waals surface area contributed by atoms with E-state index in [0.29, 0.717) is 11.8 Å². The molecule has 0 aliphatic carbocycles. The van der Waals surface area contributed by atoms with E-state index in [0.717, 1.165) is 44.0 Å². The number of rotatable bonds is 5. The van der Waals surface area contributed by atoms with Crippen LogP contribution in [0, 0.1) is 0 Å². The number of aryl methyl sites for hydroxylation is 1. The van der Waals surface area contributed by atoms with E-state index < -0.39 is 0 Å². The van der Waals surface area contributed by atoms with Gasteiger partial charge in [0.15, 0.2) is 0 Å². The number of aromatic nitrogens is 3. The highest BCUT2D eigenvalue weighted by Crippen LogP contribution is 2.36. The summed E-state index contributed by atoms with van der Waals surface area (Å²) in [6.07, 6.45) is 9.01. The monoisotopic (exact) mass is 377 g/mol. The lowest BCUT2D eigenvalue weighted by Gasteiger charge is -2.32. The Morgan fingerprint density at radius 2 is 1.89 bits per heavy atom. The zero-order chi connectivity index (χ0) is 19.7. The van der Waals surface area contributed by atoms with Gasteiger partial charge in [0.1, 0.15) is 0 Å². The number of piperidine rings is 1. The lowest BCUT2D eigenvalue weighted by atomic mass is 9.89. The molecule has 6 nitrogen and oxygen atoms in total. The molecule has 0 bridgehead atoms. The number of hydrogen-bond donors (Lipinski definition) is 1. The fraction of sp³-hybridized carbons (Fsp3) is 0.409. The summed E-state index contributed by atoms with van der Waals surface area (Å²) < 4.78 is 2.18. The third kappa shape index (κ3) is 3.46. The summed E-state index contributed by atoms with van der Waals surface area (Å²) >= 11 is 0. The molecule has 0 radical (unpaired) electrons. The van der Waals surface area contributed by atoms with Gasteiger partial charge in [0.05, 0.1) is 0 Å². The summed E-state index contributed by atoms with van der Waals surface area (Å²) in [7, 11) is 2.08. The predicted octanol–water partition coefficient (Wildman–Crippen LogP) is 4.04. The minimum Gasteiger partial charge on any atom is -0.350 e. The van der Waals surface area contributed by atoms with E-state index >= 15 is 0 Å². The minimum atomic E-state index is 0.449. The molecule has 1 aromatic carbocycles. The topological polar surface area (TPSA) is 63.1 Å². The van der Waals surface area contributed by atoms with Crippen LogP contribution in [0.5, 0.6) is 0 Å². The molecule has 0 unspecified atom stereocenters. The molecule has 0 atom stereocenters. The number of nitrogens with zero attached hydrogens (tertiary/aromatic N) is 4. The van der Waals surface area contributed by atoms with Gasteiger partial charge in [-0.1, -0.05) is 13.8 Å². The molecule has 1 amide bonds. The number of anilines is 2. The molecule has 4 rings (SSSR count). The highest BCUT2D eigenvalue weighted by Gasteiger charge is 2.25. The van der Waals surface area contributed by atoms with Crippen molar-refractivity contribution < 1.29 is 4.79 Å².